The third-order valence-electron chi connectivity index (χ3n) is 7.18. The number of aromatic nitrogens is 3. The maximum Gasteiger partial charge on any atom is 0.258 e. The second-order valence-corrected chi connectivity index (χ2v) is 10.1. The molecule has 1 aliphatic rings. The first-order chi connectivity index (χ1) is 19.1. The van der Waals surface area contributed by atoms with E-state index in [9.17, 15) is 19.1 Å². The van der Waals surface area contributed by atoms with E-state index in [0.29, 0.717) is 48.6 Å². The summed E-state index contributed by atoms with van der Waals surface area (Å²) in [4.78, 5) is 38.6. The SMILES string of the molecule is C=CC(=O)N1CCN(c2cc(=O)n(-c3c(C)ccnc3C(C)C)c3nc(-c4c(O)cccc4F)c(F)cc23)CC1. The van der Waals surface area contributed by atoms with Gasteiger partial charge in [0.15, 0.2) is 5.82 Å². The molecule has 0 spiro atoms. The Morgan fingerprint density at radius 3 is 2.48 bits per heavy atom. The van der Waals surface area contributed by atoms with Crippen LogP contribution in [0.1, 0.15) is 31.0 Å². The Bertz CT molecular complexity index is 1690. The lowest BCUT2D eigenvalue weighted by molar-refractivity contribution is -0.126. The molecule has 40 heavy (non-hydrogen) atoms. The summed E-state index contributed by atoms with van der Waals surface area (Å²) in [6.07, 6.45) is 2.92. The monoisotopic (exact) mass is 545 g/mol. The fourth-order valence-electron chi connectivity index (χ4n) is 5.18. The van der Waals surface area contributed by atoms with Crippen LogP contribution in [0.25, 0.3) is 28.0 Å². The number of rotatable bonds is 5. The largest absolute Gasteiger partial charge is 0.507 e. The number of nitrogens with zero attached hydrogens (tertiary/aromatic N) is 5. The van der Waals surface area contributed by atoms with Gasteiger partial charge in [-0.05, 0) is 48.7 Å². The third kappa shape index (κ3) is 4.59. The van der Waals surface area contributed by atoms with Gasteiger partial charge in [0, 0.05) is 43.8 Å². The number of fused-ring (bicyclic) bond motifs is 1. The number of carbonyl (C=O) groups excluding carboxylic acids is 1. The predicted molar refractivity (Wildman–Crippen MR) is 150 cm³/mol. The molecular weight excluding hydrogens is 516 g/mol. The lowest BCUT2D eigenvalue weighted by Gasteiger charge is -2.36. The fraction of sp³-hybridized carbons (Fsp3) is 0.267. The van der Waals surface area contributed by atoms with Gasteiger partial charge in [-0.2, -0.15) is 0 Å². The number of amides is 1. The predicted octanol–water partition coefficient (Wildman–Crippen LogP) is 4.70. The number of pyridine rings is 3. The van der Waals surface area contributed by atoms with Crippen molar-refractivity contribution < 1.29 is 18.7 Å². The molecule has 1 aromatic carbocycles. The van der Waals surface area contributed by atoms with Crippen molar-refractivity contribution >= 4 is 22.6 Å². The van der Waals surface area contributed by atoms with Crippen LogP contribution in [0.3, 0.4) is 0 Å². The summed E-state index contributed by atoms with van der Waals surface area (Å²) in [5, 5.41) is 10.8. The fourth-order valence-corrected chi connectivity index (χ4v) is 5.18. The van der Waals surface area contributed by atoms with Crippen LogP contribution in [0.5, 0.6) is 5.75 Å². The normalized spacial score (nSPS) is 13.8. The Kier molecular flexibility index (Phi) is 7.10. The number of aryl methyl sites for hydroxylation is 1. The number of piperazine rings is 1. The second kappa shape index (κ2) is 10.5. The van der Waals surface area contributed by atoms with Crippen LogP contribution in [0.15, 0.2) is 60.0 Å². The summed E-state index contributed by atoms with van der Waals surface area (Å²) >= 11 is 0. The van der Waals surface area contributed by atoms with Crippen molar-refractivity contribution in [3.05, 3.63) is 88.5 Å². The Balaban J connectivity index is 1.81. The third-order valence-corrected chi connectivity index (χ3v) is 7.18. The van der Waals surface area contributed by atoms with Crippen molar-refractivity contribution in [1.29, 1.82) is 0 Å². The topological polar surface area (TPSA) is 91.6 Å². The van der Waals surface area contributed by atoms with Gasteiger partial charge in [0.1, 0.15) is 22.9 Å². The van der Waals surface area contributed by atoms with Crippen molar-refractivity contribution in [2.24, 2.45) is 0 Å². The zero-order chi connectivity index (χ0) is 28.7. The molecule has 0 atom stereocenters. The molecule has 0 unspecified atom stereocenters. The number of hydrogen-bond acceptors (Lipinski definition) is 6. The molecule has 1 saturated heterocycles. The van der Waals surface area contributed by atoms with Crippen LogP contribution >= 0.6 is 0 Å². The lowest BCUT2D eigenvalue weighted by atomic mass is 10.0. The van der Waals surface area contributed by atoms with Gasteiger partial charge in [-0.1, -0.05) is 26.5 Å². The smallest absolute Gasteiger partial charge is 0.258 e. The quantitative estimate of drug-likeness (QED) is 0.366. The summed E-state index contributed by atoms with van der Waals surface area (Å²) in [6, 6.07) is 8.10. The van der Waals surface area contributed by atoms with Gasteiger partial charge < -0.3 is 14.9 Å². The minimum absolute atomic E-state index is 0.0532. The van der Waals surface area contributed by atoms with E-state index in [1.54, 1.807) is 17.2 Å². The molecule has 0 saturated carbocycles. The Morgan fingerprint density at radius 2 is 1.82 bits per heavy atom. The molecule has 3 aromatic heterocycles. The molecule has 1 aliphatic heterocycles. The van der Waals surface area contributed by atoms with E-state index in [1.165, 1.54) is 34.9 Å². The summed E-state index contributed by atoms with van der Waals surface area (Å²) in [7, 11) is 0. The van der Waals surface area contributed by atoms with Gasteiger partial charge in [-0.15, -0.1) is 0 Å². The Morgan fingerprint density at radius 1 is 1.10 bits per heavy atom. The summed E-state index contributed by atoms with van der Waals surface area (Å²) < 4.78 is 32.0. The number of hydrogen-bond donors (Lipinski definition) is 1. The Labute approximate surface area is 229 Å². The summed E-state index contributed by atoms with van der Waals surface area (Å²) in [5.41, 5.74) is 1.24. The van der Waals surface area contributed by atoms with Crippen molar-refractivity contribution in [3.63, 3.8) is 0 Å². The van der Waals surface area contributed by atoms with Crippen molar-refractivity contribution in [1.82, 2.24) is 19.4 Å². The van der Waals surface area contributed by atoms with Crippen LogP contribution in [-0.4, -0.2) is 56.6 Å². The van der Waals surface area contributed by atoms with Gasteiger partial charge in [-0.25, -0.2) is 13.8 Å². The first kappa shape index (κ1) is 27.0. The van der Waals surface area contributed by atoms with Crippen LogP contribution in [0, 0.1) is 18.6 Å². The molecule has 10 heteroatoms. The zero-order valence-corrected chi connectivity index (χ0v) is 22.5. The average molecular weight is 546 g/mol. The van der Waals surface area contributed by atoms with Gasteiger partial charge in [0.05, 0.1) is 22.6 Å². The summed E-state index contributed by atoms with van der Waals surface area (Å²) in [5.74, 6) is -2.41. The highest BCUT2D eigenvalue weighted by Gasteiger charge is 2.27. The van der Waals surface area contributed by atoms with E-state index >= 15 is 4.39 Å². The zero-order valence-electron chi connectivity index (χ0n) is 22.5. The van der Waals surface area contributed by atoms with E-state index in [1.807, 2.05) is 25.7 Å². The van der Waals surface area contributed by atoms with Crippen molar-refractivity contribution in [2.75, 3.05) is 31.1 Å². The molecule has 4 aromatic rings. The molecule has 1 fully saturated rings. The van der Waals surface area contributed by atoms with Gasteiger partial charge >= 0.3 is 0 Å². The number of anilines is 1. The van der Waals surface area contributed by atoms with Crippen LogP contribution in [0.4, 0.5) is 14.5 Å². The van der Waals surface area contributed by atoms with Crippen LogP contribution < -0.4 is 10.5 Å². The number of phenolic OH excluding ortho intramolecular Hbond substituents is 1. The van der Waals surface area contributed by atoms with Crippen LogP contribution in [-0.2, 0) is 4.79 Å². The van der Waals surface area contributed by atoms with Gasteiger partial charge in [0.2, 0.25) is 5.91 Å². The first-order valence-corrected chi connectivity index (χ1v) is 13.0. The van der Waals surface area contributed by atoms with Crippen LogP contribution in [0.2, 0.25) is 0 Å². The number of halogens is 2. The van der Waals surface area contributed by atoms with E-state index in [-0.39, 0.29) is 17.5 Å². The number of benzene rings is 1. The van der Waals surface area contributed by atoms with E-state index in [0.717, 1.165) is 11.6 Å². The highest BCUT2D eigenvalue weighted by atomic mass is 19.1. The molecule has 206 valence electrons. The molecule has 0 aliphatic carbocycles. The number of aromatic hydroxyl groups is 1. The molecule has 1 N–H and O–H groups in total. The molecule has 0 bridgehead atoms. The van der Waals surface area contributed by atoms with E-state index < -0.39 is 34.2 Å². The maximum absolute atomic E-state index is 15.7. The van der Waals surface area contributed by atoms with E-state index in [2.05, 4.69) is 16.5 Å². The van der Waals surface area contributed by atoms with E-state index in [4.69, 9.17) is 0 Å². The first-order valence-electron chi connectivity index (χ1n) is 13.0. The molecule has 5 rings (SSSR count). The highest BCUT2D eigenvalue weighted by Crippen LogP contribution is 2.37. The van der Waals surface area contributed by atoms with Crippen molar-refractivity contribution in [2.45, 2.75) is 26.7 Å². The standard InChI is InChI=1S/C30H29F2N5O3/c1-5-24(39)36-13-11-35(12-14-36)22-16-25(40)37(29-18(4)9-10-33-27(29)17(2)3)30-19(22)15-21(32)28(34-30)26-20(31)7-6-8-23(26)38/h5-10,15-17,38H,1,11-14H2,2-4H3. The Hall–Kier alpha value is -4.60. The molecule has 0 radical (unpaired) electrons. The minimum Gasteiger partial charge on any atom is -0.507 e. The van der Waals surface area contributed by atoms with Gasteiger partial charge in [-0.3, -0.25) is 19.1 Å². The molecule has 8 nitrogen and oxygen atoms in total. The second-order valence-electron chi connectivity index (χ2n) is 10.1. The highest BCUT2D eigenvalue weighted by molar-refractivity contribution is 5.93. The molecule has 1 amide bonds. The van der Waals surface area contributed by atoms with Gasteiger partial charge in [0.25, 0.3) is 5.56 Å². The average Bonchev–Trinajstić information content (AvgIpc) is 2.93. The lowest BCUT2D eigenvalue weighted by Crippen LogP contribution is -2.48. The number of phenols is 1. The number of carbonyl (C=O) groups is 1. The summed E-state index contributed by atoms with van der Waals surface area (Å²) in [6.45, 7) is 10.9. The maximum atomic E-state index is 15.7. The minimum atomic E-state index is -0.855. The molecule has 4 heterocycles. The molecular formula is C30H29F2N5O3. The van der Waals surface area contributed by atoms with Crippen molar-refractivity contribution in [3.8, 4) is 22.7 Å².